The molecule has 9 heteroatoms. The fraction of sp³-hybridized carbons (Fsp3) is 0.455. The van der Waals surface area contributed by atoms with Gasteiger partial charge in [-0.05, 0) is 51.2 Å². The van der Waals surface area contributed by atoms with Gasteiger partial charge in [0.2, 0.25) is 0 Å². The minimum atomic E-state index is 0.495. The van der Waals surface area contributed by atoms with Gasteiger partial charge in [-0.15, -0.1) is 0 Å². The summed E-state index contributed by atoms with van der Waals surface area (Å²) >= 11 is 0. The molecule has 0 aromatic carbocycles. The lowest BCUT2D eigenvalue weighted by Gasteiger charge is -2.34. The zero-order valence-electron chi connectivity index (χ0n) is 17.7. The molecule has 31 heavy (non-hydrogen) atoms. The Morgan fingerprint density at radius 1 is 1.00 bits per heavy atom. The number of pyridine rings is 2. The maximum Gasteiger partial charge on any atom is 0.180 e. The van der Waals surface area contributed by atoms with E-state index in [1.54, 1.807) is 0 Å². The van der Waals surface area contributed by atoms with Gasteiger partial charge in [-0.1, -0.05) is 0 Å². The molecule has 0 saturated carbocycles. The molecule has 0 atom stereocenters. The highest BCUT2D eigenvalue weighted by Crippen LogP contribution is 2.31. The second-order valence-corrected chi connectivity index (χ2v) is 8.63. The van der Waals surface area contributed by atoms with Crippen LogP contribution in [0.1, 0.15) is 24.5 Å². The summed E-state index contributed by atoms with van der Waals surface area (Å²) in [6.45, 7) is 6.20. The van der Waals surface area contributed by atoms with E-state index in [1.807, 2.05) is 6.20 Å². The number of aromatic nitrogens is 6. The topological polar surface area (TPSA) is 102 Å². The summed E-state index contributed by atoms with van der Waals surface area (Å²) in [5, 5.41) is 11.1. The second-order valence-electron chi connectivity index (χ2n) is 8.63. The van der Waals surface area contributed by atoms with Crippen LogP contribution in [0.15, 0.2) is 24.4 Å². The number of aromatic amines is 2. The molecule has 0 spiro atoms. The van der Waals surface area contributed by atoms with Crippen LogP contribution in [-0.4, -0.2) is 81.3 Å². The highest BCUT2D eigenvalue weighted by atomic mass is 15.3. The lowest BCUT2D eigenvalue weighted by atomic mass is 9.94. The van der Waals surface area contributed by atoms with Crippen molar-refractivity contribution >= 4 is 27.9 Å². The first-order valence-electron chi connectivity index (χ1n) is 11.1. The summed E-state index contributed by atoms with van der Waals surface area (Å²) < 4.78 is 0. The maximum absolute atomic E-state index is 5.01. The summed E-state index contributed by atoms with van der Waals surface area (Å²) in [5.74, 6) is 1.21. The van der Waals surface area contributed by atoms with Crippen LogP contribution in [0.5, 0.6) is 0 Å². The summed E-state index contributed by atoms with van der Waals surface area (Å²) in [4.78, 5) is 22.6. The third-order valence-electron chi connectivity index (χ3n) is 6.63. The van der Waals surface area contributed by atoms with Gasteiger partial charge < -0.3 is 20.1 Å². The molecule has 2 saturated heterocycles. The Morgan fingerprint density at radius 3 is 2.68 bits per heavy atom. The zero-order chi connectivity index (χ0) is 20.8. The highest BCUT2D eigenvalue weighted by Gasteiger charge is 2.22. The monoisotopic (exact) mass is 417 g/mol. The predicted molar refractivity (Wildman–Crippen MR) is 121 cm³/mol. The molecule has 6 rings (SSSR count). The number of piperidine rings is 1. The molecule has 0 aliphatic carbocycles. The molecule has 4 aromatic rings. The van der Waals surface area contributed by atoms with E-state index in [2.05, 4.69) is 60.5 Å². The molecule has 4 aromatic heterocycles. The van der Waals surface area contributed by atoms with E-state index in [1.165, 1.54) is 0 Å². The number of piperazine rings is 1. The Bertz CT molecular complexity index is 1210. The summed E-state index contributed by atoms with van der Waals surface area (Å²) in [6, 6.07) is 6.30. The first-order valence-corrected chi connectivity index (χ1v) is 11.1. The normalized spacial score (nSPS) is 18.9. The Morgan fingerprint density at radius 2 is 1.84 bits per heavy atom. The minimum Gasteiger partial charge on any atom is -0.367 e. The fourth-order valence-electron chi connectivity index (χ4n) is 4.75. The fourth-order valence-corrected chi connectivity index (χ4v) is 4.75. The van der Waals surface area contributed by atoms with Gasteiger partial charge in [0.25, 0.3) is 0 Å². The summed E-state index contributed by atoms with van der Waals surface area (Å²) in [6.07, 6.45) is 4.08. The third-order valence-corrected chi connectivity index (χ3v) is 6.63. The molecule has 160 valence electrons. The van der Waals surface area contributed by atoms with Crippen LogP contribution in [0.4, 0.5) is 5.69 Å². The van der Waals surface area contributed by atoms with E-state index in [-0.39, 0.29) is 0 Å². The van der Waals surface area contributed by atoms with Crippen molar-refractivity contribution in [2.75, 3.05) is 51.2 Å². The van der Waals surface area contributed by atoms with Gasteiger partial charge in [0.05, 0.1) is 11.2 Å². The zero-order valence-corrected chi connectivity index (χ0v) is 17.7. The quantitative estimate of drug-likeness (QED) is 0.469. The van der Waals surface area contributed by atoms with Crippen LogP contribution in [-0.2, 0) is 0 Å². The number of imidazole rings is 1. The van der Waals surface area contributed by atoms with Crippen molar-refractivity contribution in [3.8, 4) is 11.5 Å². The average Bonchev–Trinajstić information content (AvgIpc) is 3.43. The largest absolute Gasteiger partial charge is 0.367 e. The SMILES string of the molecule is CN1CCN(c2ccnc3nc(-c4n[nH]c5ccc(C6CCNCC6)nc45)[nH]c23)CC1. The van der Waals surface area contributed by atoms with Crippen LogP contribution < -0.4 is 10.2 Å². The Labute approximate surface area is 180 Å². The van der Waals surface area contributed by atoms with Gasteiger partial charge >= 0.3 is 0 Å². The van der Waals surface area contributed by atoms with E-state index >= 15 is 0 Å². The Kier molecular flexibility index (Phi) is 4.57. The number of rotatable bonds is 3. The highest BCUT2D eigenvalue weighted by molar-refractivity contribution is 5.92. The van der Waals surface area contributed by atoms with E-state index in [0.717, 1.165) is 91.4 Å². The molecule has 6 heterocycles. The number of H-pyrrole nitrogens is 2. The molecular weight excluding hydrogens is 390 g/mol. The van der Waals surface area contributed by atoms with E-state index in [4.69, 9.17) is 9.97 Å². The molecule has 0 amide bonds. The van der Waals surface area contributed by atoms with Crippen molar-refractivity contribution in [2.24, 2.45) is 0 Å². The minimum absolute atomic E-state index is 0.495. The summed E-state index contributed by atoms with van der Waals surface area (Å²) in [7, 11) is 2.17. The molecule has 2 aliphatic heterocycles. The number of fused-ring (bicyclic) bond motifs is 2. The van der Waals surface area contributed by atoms with E-state index < -0.39 is 0 Å². The van der Waals surface area contributed by atoms with Gasteiger partial charge in [-0.25, -0.2) is 15.0 Å². The Hall–Kier alpha value is -3.04. The molecule has 0 unspecified atom stereocenters. The van der Waals surface area contributed by atoms with Crippen LogP contribution >= 0.6 is 0 Å². The van der Waals surface area contributed by atoms with Crippen LogP contribution in [0.3, 0.4) is 0 Å². The number of hydrogen-bond acceptors (Lipinski definition) is 7. The Balaban J connectivity index is 1.40. The smallest absolute Gasteiger partial charge is 0.180 e. The van der Waals surface area contributed by atoms with Crippen LogP contribution in [0.2, 0.25) is 0 Å². The van der Waals surface area contributed by atoms with Crippen molar-refractivity contribution in [1.29, 1.82) is 0 Å². The maximum atomic E-state index is 5.01. The third kappa shape index (κ3) is 3.34. The van der Waals surface area contributed by atoms with Crippen molar-refractivity contribution in [3.05, 3.63) is 30.1 Å². The van der Waals surface area contributed by atoms with Crippen LogP contribution in [0.25, 0.3) is 33.7 Å². The van der Waals surface area contributed by atoms with Crippen molar-refractivity contribution < 1.29 is 0 Å². The van der Waals surface area contributed by atoms with E-state index in [0.29, 0.717) is 11.7 Å². The number of nitrogens with one attached hydrogen (secondary N) is 3. The van der Waals surface area contributed by atoms with Gasteiger partial charge in [-0.2, -0.15) is 5.10 Å². The number of anilines is 1. The van der Waals surface area contributed by atoms with E-state index in [9.17, 15) is 0 Å². The molecular formula is C22H27N9. The lowest BCUT2D eigenvalue weighted by molar-refractivity contribution is 0.313. The molecule has 0 bridgehead atoms. The molecule has 2 aliphatic rings. The van der Waals surface area contributed by atoms with Gasteiger partial charge in [0.15, 0.2) is 17.2 Å². The number of nitrogens with zero attached hydrogens (tertiary/aromatic N) is 6. The molecule has 2 fully saturated rings. The van der Waals surface area contributed by atoms with Gasteiger partial charge in [0.1, 0.15) is 11.0 Å². The second kappa shape index (κ2) is 7.58. The average molecular weight is 418 g/mol. The standard InChI is InChI=1S/C22H27N9/c1-30-10-12-31(13-11-30)17-6-9-24-21-19(17)26-22(27-21)20-18-16(28-29-20)3-2-15(25-18)14-4-7-23-8-5-14/h2-3,6,9,14,23H,4-5,7-8,10-13H2,1H3,(H,28,29)(H,24,26,27). The first-order chi connectivity index (χ1) is 15.3. The number of likely N-dealkylation sites (N-methyl/N-ethyl adjacent to an activating group) is 1. The van der Waals surface area contributed by atoms with Crippen molar-refractivity contribution in [3.63, 3.8) is 0 Å². The van der Waals surface area contributed by atoms with Gasteiger partial charge in [-0.3, -0.25) is 5.10 Å². The number of hydrogen-bond donors (Lipinski definition) is 3. The molecule has 0 radical (unpaired) electrons. The molecule has 3 N–H and O–H groups in total. The summed E-state index contributed by atoms with van der Waals surface area (Å²) in [5.41, 5.74) is 6.54. The predicted octanol–water partition coefficient (Wildman–Crippen LogP) is 2.11. The van der Waals surface area contributed by atoms with Gasteiger partial charge in [0, 0.05) is 44.0 Å². The first kappa shape index (κ1) is 18.7. The lowest BCUT2D eigenvalue weighted by Crippen LogP contribution is -2.44. The molecule has 9 nitrogen and oxygen atoms in total. The van der Waals surface area contributed by atoms with Crippen molar-refractivity contribution in [1.82, 2.24) is 40.3 Å². The van der Waals surface area contributed by atoms with Crippen molar-refractivity contribution in [2.45, 2.75) is 18.8 Å². The van der Waals surface area contributed by atoms with Crippen LogP contribution in [0, 0.1) is 0 Å².